The maximum Gasteiger partial charge on any atom is 0.324 e. The Balaban J connectivity index is 1.37. The lowest BCUT2D eigenvalue weighted by molar-refractivity contribution is -0.118. The van der Waals surface area contributed by atoms with Gasteiger partial charge in [-0.25, -0.2) is 9.18 Å². The lowest BCUT2D eigenvalue weighted by atomic mass is 10.1. The monoisotopic (exact) mass is 423 g/mol. The summed E-state index contributed by atoms with van der Waals surface area (Å²) >= 11 is 1.70. The van der Waals surface area contributed by atoms with E-state index in [2.05, 4.69) is 10.0 Å². The van der Waals surface area contributed by atoms with Crippen LogP contribution in [-0.4, -0.2) is 42.3 Å². The maximum absolute atomic E-state index is 14.0. The van der Waals surface area contributed by atoms with Crippen molar-refractivity contribution < 1.29 is 18.7 Å². The van der Waals surface area contributed by atoms with Gasteiger partial charge in [-0.15, -0.1) is 0 Å². The average molecular weight is 424 g/mol. The van der Waals surface area contributed by atoms with E-state index in [-0.39, 0.29) is 29.8 Å². The first-order valence-corrected chi connectivity index (χ1v) is 11.3. The highest BCUT2D eigenvalue weighted by molar-refractivity contribution is 7.97. The van der Waals surface area contributed by atoms with Gasteiger partial charge in [0.25, 0.3) is 0 Å². The quantitative estimate of drug-likeness (QED) is 0.304. The summed E-state index contributed by atoms with van der Waals surface area (Å²) in [6.07, 6.45) is 4.99. The Kier molecular flexibility index (Phi) is 7.40. The molecule has 2 fully saturated rings. The van der Waals surface area contributed by atoms with Crippen molar-refractivity contribution in [3.05, 3.63) is 29.6 Å². The minimum atomic E-state index is -0.314. The van der Waals surface area contributed by atoms with Gasteiger partial charge in [0, 0.05) is 12.3 Å². The smallest absolute Gasteiger partial charge is 0.324 e. The fourth-order valence-electron chi connectivity index (χ4n) is 3.25. The Morgan fingerprint density at radius 2 is 2.07 bits per heavy atom. The van der Waals surface area contributed by atoms with Crippen LogP contribution in [0.3, 0.4) is 0 Å². The second kappa shape index (κ2) is 9.80. The molecule has 2 aliphatic rings. The van der Waals surface area contributed by atoms with Crippen molar-refractivity contribution in [1.29, 1.82) is 0 Å². The van der Waals surface area contributed by atoms with Gasteiger partial charge in [-0.2, -0.15) is 0 Å². The van der Waals surface area contributed by atoms with Crippen LogP contribution in [0.5, 0.6) is 5.75 Å². The third-order valence-electron chi connectivity index (χ3n) is 5.12. The number of nitrogens with zero attached hydrogens (tertiary/aromatic N) is 1. The topological polar surface area (TPSA) is 70.7 Å². The molecule has 8 heteroatoms. The molecule has 6 nitrogen and oxygen atoms in total. The predicted octanol–water partition coefficient (Wildman–Crippen LogP) is 3.81. The fraction of sp³-hybridized carbons (Fsp3) is 0.619. The number of halogens is 1. The van der Waals surface area contributed by atoms with E-state index in [4.69, 9.17) is 4.74 Å². The number of ether oxygens (including phenoxy) is 1. The molecule has 1 aliphatic carbocycles. The summed E-state index contributed by atoms with van der Waals surface area (Å²) in [6, 6.07) is 4.90. The van der Waals surface area contributed by atoms with Crippen LogP contribution >= 0.6 is 11.9 Å². The Morgan fingerprint density at radius 1 is 1.28 bits per heavy atom. The molecular formula is C21H30FN3O3S. The van der Waals surface area contributed by atoms with E-state index in [9.17, 15) is 14.0 Å². The van der Waals surface area contributed by atoms with Gasteiger partial charge in [0.05, 0.1) is 12.1 Å². The van der Waals surface area contributed by atoms with E-state index in [1.54, 1.807) is 16.8 Å². The first kappa shape index (κ1) is 21.9. The largest absolute Gasteiger partial charge is 0.490 e. The molecule has 1 aromatic rings. The van der Waals surface area contributed by atoms with Gasteiger partial charge in [0.2, 0.25) is 5.91 Å². The summed E-state index contributed by atoms with van der Waals surface area (Å²) in [4.78, 5) is 24.2. The first-order valence-electron chi connectivity index (χ1n) is 10.3. The molecule has 3 rings (SSSR count). The number of unbranched alkanes of at least 4 members (excludes halogenated alkanes) is 2. The lowest BCUT2D eigenvalue weighted by Gasteiger charge is -2.19. The summed E-state index contributed by atoms with van der Waals surface area (Å²) in [6.45, 7) is 5.39. The summed E-state index contributed by atoms with van der Waals surface area (Å²) in [7, 11) is 0. The van der Waals surface area contributed by atoms with Crippen LogP contribution < -0.4 is 14.8 Å². The molecule has 29 heavy (non-hydrogen) atoms. The number of nitrogens with one attached hydrogen (secondary N) is 2. The van der Waals surface area contributed by atoms with Crippen LogP contribution in [-0.2, 0) is 10.3 Å². The van der Waals surface area contributed by atoms with Crippen LogP contribution in [0.15, 0.2) is 18.2 Å². The van der Waals surface area contributed by atoms with E-state index in [1.165, 1.54) is 6.07 Å². The van der Waals surface area contributed by atoms with Gasteiger partial charge in [-0.3, -0.25) is 14.8 Å². The van der Waals surface area contributed by atoms with E-state index in [0.29, 0.717) is 24.8 Å². The number of hydrogen-bond donors (Lipinski definition) is 2. The third-order valence-corrected chi connectivity index (χ3v) is 6.14. The third kappa shape index (κ3) is 6.09. The number of urea groups is 1. The highest BCUT2D eigenvalue weighted by atomic mass is 32.2. The van der Waals surface area contributed by atoms with Gasteiger partial charge >= 0.3 is 6.03 Å². The van der Waals surface area contributed by atoms with Crippen LogP contribution in [0, 0.1) is 11.7 Å². The van der Waals surface area contributed by atoms with Gasteiger partial charge in [0.1, 0.15) is 6.54 Å². The molecule has 1 saturated heterocycles. The lowest BCUT2D eigenvalue weighted by Crippen LogP contribution is -2.29. The number of benzene rings is 1. The van der Waals surface area contributed by atoms with Gasteiger partial charge in [0.15, 0.2) is 11.6 Å². The van der Waals surface area contributed by atoms with Crippen molar-refractivity contribution in [2.75, 3.05) is 25.4 Å². The van der Waals surface area contributed by atoms with Crippen molar-refractivity contribution in [2.45, 2.75) is 51.5 Å². The number of imide groups is 1. The summed E-state index contributed by atoms with van der Waals surface area (Å²) in [5, 5.41) is 2.29. The van der Waals surface area contributed by atoms with Gasteiger partial charge < -0.3 is 9.64 Å². The molecule has 0 aromatic heterocycles. The molecule has 0 unspecified atom stereocenters. The van der Waals surface area contributed by atoms with Gasteiger partial charge in [-0.05, 0) is 49.3 Å². The number of carbonyl (C=O) groups is 2. The van der Waals surface area contributed by atoms with Crippen LogP contribution in [0.1, 0.15) is 51.5 Å². The molecule has 1 saturated carbocycles. The Hall–Kier alpha value is -1.80. The molecule has 2 N–H and O–H groups in total. The highest BCUT2D eigenvalue weighted by Crippen LogP contribution is 2.47. The molecular weight excluding hydrogens is 393 g/mol. The Bertz CT molecular complexity index is 740. The normalized spacial score (nSPS) is 17.7. The molecule has 0 radical (unpaired) electrons. The number of hydrogen-bond acceptors (Lipinski definition) is 5. The first-order chi connectivity index (χ1) is 13.9. The number of amides is 3. The van der Waals surface area contributed by atoms with Crippen LogP contribution in [0.25, 0.3) is 0 Å². The SMILES string of the molecule is CC(C)COc1cc(C2(NSCCCCCN3CC(=O)NC3=O)CC2)ccc1F. The predicted molar refractivity (Wildman–Crippen MR) is 112 cm³/mol. The standard InChI is InChI=1S/C21H30FN3O3S/c1-15(2)14-28-18-12-16(6-7-17(18)22)21(8-9-21)24-29-11-5-3-4-10-25-13-19(26)23-20(25)27/h6-7,12,15,24H,3-5,8-11,13-14H2,1-2H3,(H,23,26,27). The second-order valence-electron chi connectivity index (χ2n) is 8.22. The maximum atomic E-state index is 14.0. The van der Waals surface area contributed by atoms with Crippen molar-refractivity contribution in [3.8, 4) is 5.75 Å². The van der Waals surface area contributed by atoms with Crippen molar-refractivity contribution in [1.82, 2.24) is 14.9 Å². The molecule has 3 amide bonds. The van der Waals surface area contributed by atoms with E-state index in [1.807, 2.05) is 26.0 Å². The Labute approximate surface area is 176 Å². The molecule has 1 aliphatic heterocycles. The van der Waals surface area contributed by atoms with Crippen molar-refractivity contribution in [2.24, 2.45) is 5.92 Å². The minimum Gasteiger partial charge on any atom is -0.490 e. The van der Waals surface area contributed by atoms with Gasteiger partial charge in [-0.1, -0.05) is 38.3 Å². The molecule has 1 aromatic carbocycles. The fourth-order valence-corrected chi connectivity index (χ4v) is 4.30. The molecule has 0 spiro atoms. The second-order valence-corrected chi connectivity index (χ2v) is 9.12. The zero-order valence-corrected chi connectivity index (χ0v) is 17.9. The molecule has 0 atom stereocenters. The highest BCUT2D eigenvalue weighted by Gasteiger charge is 2.44. The van der Waals surface area contributed by atoms with Crippen LogP contribution in [0.2, 0.25) is 0 Å². The summed E-state index contributed by atoms with van der Waals surface area (Å²) in [5.74, 6) is 1.11. The van der Waals surface area contributed by atoms with E-state index in [0.717, 1.165) is 43.4 Å². The minimum absolute atomic E-state index is 0.0810. The van der Waals surface area contributed by atoms with E-state index < -0.39 is 0 Å². The number of carbonyl (C=O) groups excluding carboxylic acids is 2. The van der Waals surface area contributed by atoms with Crippen LogP contribution in [0.4, 0.5) is 9.18 Å². The summed E-state index contributed by atoms with van der Waals surface area (Å²) in [5.41, 5.74) is 0.998. The van der Waals surface area contributed by atoms with Crippen molar-refractivity contribution in [3.63, 3.8) is 0 Å². The van der Waals surface area contributed by atoms with Crippen molar-refractivity contribution >= 4 is 23.9 Å². The average Bonchev–Trinajstić information content (AvgIpc) is 3.39. The summed E-state index contributed by atoms with van der Waals surface area (Å²) < 4.78 is 23.2. The molecule has 0 bridgehead atoms. The Morgan fingerprint density at radius 3 is 2.72 bits per heavy atom. The molecule has 1 heterocycles. The van der Waals surface area contributed by atoms with E-state index >= 15 is 0 Å². The number of rotatable bonds is 12. The molecule has 160 valence electrons. The zero-order valence-electron chi connectivity index (χ0n) is 17.1. The zero-order chi connectivity index (χ0) is 20.9.